The van der Waals surface area contributed by atoms with Crippen LogP contribution in [0.2, 0.25) is 0 Å². The number of aliphatic hydroxyl groups is 1. The minimum absolute atomic E-state index is 0. The SMILES string of the molecule is Cl.NC(=O)c1cn(CC(O)CCCc2ccccc2OCCOc2ccc(-c3ccccc3)cc2)cn1. The van der Waals surface area contributed by atoms with E-state index in [2.05, 4.69) is 29.2 Å². The number of primary amides is 1. The Balaban J connectivity index is 0.00000380. The van der Waals surface area contributed by atoms with Crippen molar-refractivity contribution in [3.8, 4) is 22.6 Å². The molecule has 1 amide bonds. The highest BCUT2D eigenvalue weighted by atomic mass is 35.5. The van der Waals surface area contributed by atoms with Gasteiger partial charge in [0, 0.05) is 12.7 Å². The summed E-state index contributed by atoms with van der Waals surface area (Å²) in [6.45, 7) is 1.24. The van der Waals surface area contributed by atoms with Gasteiger partial charge < -0.3 is 24.9 Å². The summed E-state index contributed by atoms with van der Waals surface area (Å²) in [5.74, 6) is 1.06. The molecule has 0 spiro atoms. The van der Waals surface area contributed by atoms with Gasteiger partial charge in [0.15, 0.2) is 0 Å². The lowest BCUT2D eigenvalue weighted by Crippen LogP contribution is -2.16. The fourth-order valence-electron chi connectivity index (χ4n) is 3.99. The Hall–Kier alpha value is -3.81. The standard InChI is InChI=1S/C29H31N3O4.ClH/c30-29(34)27-20-32(21-31-27)19-25(33)11-6-10-24-9-4-5-12-28(24)36-18-17-35-26-15-13-23(14-16-26)22-7-2-1-3-8-22;/h1-5,7-9,12-16,20-21,25,33H,6,10-11,17-19H2,(H2,30,34);1H. The maximum absolute atomic E-state index is 11.2. The highest BCUT2D eigenvalue weighted by molar-refractivity contribution is 5.90. The second kappa shape index (κ2) is 14.1. The number of aryl methyl sites for hydroxylation is 1. The average molecular weight is 522 g/mol. The molecule has 0 radical (unpaired) electrons. The molecule has 8 heteroatoms. The van der Waals surface area contributed by atoms with Crippen LogP contribution < -0.4 is 15.2 Å². The fraction of sp³-hybridized carbons (Fsp3) is 0.241. The van der Waals surface area contributed by atoms with E-state index in [0.29, 0.717) is 26.2 Å². The molecule has 0 fully saturated rings. The number of halogens is 1. The second-order valence-corrected chi connectivity index (χ2v) is 8.56. The lowest BCUT2D eigenvalue weighted by atomic mass is 10.0. The van der Waals surface area contributed by atoms with E-state index in [0.717, 1.165) is 35.5 Å². The van der Waals surface area contributed by atoms with Crippen LogP contribution in [0.3, 0.4) is 0 Å². The first-order valence-corrected chi connectivity index (χ1v) is 12.1. The summed E-state index contributed by atoms with van der Waals surface area (Å²) in [5.41, 5.74) is 8.84. The predicted octanol–water partition coefficient (Wildman–Crippen LogP) is 4.91. The molecule has 0 aliphatic carbocycles. The molecule has 0 aliphatic heterocycles. The van der Waals surface area contributed by atoms with Crippen LogP contribution in [-0.4, -0.2) is 39.9 Å². The van der Waals surface area contributed by atoms with Gasteiger partial charge >= 0.3 is 0 Å². The normalized spacial score (nSPS) is 11.4. The lowest BCUT2D eigenvalue weighted by molar-refractivity contribution is 0.0995. The molecule has 0 aliphatic rings. The van der Waals surface area contributed by atoms with Gasteiger partial charge in [0.1, 0.15) is 30.4 Å². The zero-order valence-corrected chi connectivity index (χ0v) is 21.3. The van der Waals surface area contributed by atoms with E-state index in [1.807, 2.05) is 54.6 Å². The summed E-state index contributed by atoms with van der Waals surface area (Å²) in [7, 11) is 0. The van der Waals surface area contributed by atoms with Crippen LogP contribution in [0, 0.1) is 0 Å². The van der Waals surface area contributed by atoms with Gasteiger partial charge in [0.05, 0.1) is 12.4 Å². The van der Waals surface area contributed by atoms with E-state index in [9.17, 15) is 9.90 Å². The van der Waals surface area contributed by atoms with Crippen LogP contribution in [0.1, 0.15) is 28.9 Å². The van der Waals surface area contributed by atoms with Crippen molar-refractivity contribution in [1.29, 1.82) is 0 Å². The quantitative estimate of drug-likeness (QED) is 0.243. The number of nitrogens with two attached hydrogens (primary N) is 1. The number of amides is 1. The summed E-state index contributed by atoms with van der Waals surface area (Å²) < 4.78 is 13.5. The van der Waals surface area contributed by atoms with Crippen LogP contribution in [0.15, 0.2) is 91.4 Å². The van der Waals surface area contributed by atoms with Crippen molar-refractivity contribution >= 4 is 18.3 Å². The molecule has 0 saturated carbocycles. The molecule has 1 aromatic heterocycles. The van der Waals surface area contributed by atoms with Crippen LogP contribution >= 0.6 is 12.4 Å². The topological polar surface area (TPSA) is 99.6 Å². The van der Waals surface area contributed by atoms with Crippen molar-refractivity contribution in [3.05, 3.63) is 103 Å². The number of rotatable bonds is 13. The fourth-order valence-corrected chi connectivity index (χ4v) is 3.99. The molecule has 1 heterocycles. The van der Waals surface area contributed by atoms with E-state index < -0.39 is 12.0 Å². The van der Waals surface area contributed by atoms with Crippen molar-refractivity contribution < 1.29 is 19.4 Å². The van der Waals surface area contributed by atoms with Gasteiger partial charge in [-0.25, -0.2) is 4.98 Å². The van der Waals surface area contributed by atoms with E-state index in [-0.39, 0.29) is 18.1 Å². The highest BCUT2D eigenvalue weighted by Crippen LogP contribution is 2.23. The van der Waals surface area contributed by atoms with E-state index in [1.165, 1.54) is 11.9 Å². The molecule has 3 N–H and O–H groups in total. The average Bonchev–Trinajstić information content (AvgIpc) is 3.37. The summed E-state index contributed by atoms with van der Waals surface area (Å²) in [6.07, 6.45) is 4.70. The van der Waals surface area contributed by atoms with Crippen LogP contribution in [0.25, 0.3) is 11.1 Å². The van der Waals surface area contributed by atoms with Gasteiger partial charge in [-0.1, -0.05) is 60.7 Å². The number of nitrogens with zero attached hydrogens (tertiary/aromatic N) is 2. The number of carbonyl (C=O) groups excluding carboxylic acids is 1. The molecule has 1 unspecified atom stereocenters. The lowest BCUT2D eigenvalue weighted by Gasteiger charge is -2.14. The second-order valence-electron chi connectivity index (χ2n) is 8.56. The maximum Gasteiger partial charge on any atom is 0.268 e. The number of imidazole rings is 1. The molecular weight excluding hydrogens is 490 g/mol. The zero-order valence-electron chi connectivity index (χ0n) is 20.5. The Morgan fingerprint density at radius 3 is 2.32 bits per heavy atom. The van der Waals surface area contributed by atoms with Gasteiger partial charge in [-0.2, -0.15) is 0 Å². The summed E-state index contributed by atoms with van der Waals surface area (Å²) in [6, 6.07) is 26.2. The molecular formula is C29H32ClN3O4. The number of hydrogen-bond acceptors (Lipinski definition) is 5. The summed E-state index contributed by atoms with van der Waals surface area (Å²) in [5, 5.41) is 10.3. The molecule has 7 nitrogen and oxygen atoms in total. The molecule has 1 atom stereocenters. The number of aliphatic hydroxyl groups excluding tert-OH is 1. The molecule has 0 saturated heterocycles. The summed E-state index contributed by atoms with van der Waals surface area (Å²) >= 11 is 0. The number of hydrogen-bond donors (Lipinski definition) is 2. The molecule has 3 aromatic carbocycles. The minimum Gasteiger partial charge on any atom is -0.490 e. The Kier molecular flexibility index (Phi) is 10.6. The van der Waals surface area contributed by atoms with E-state index in [4.69, 9.17) is 15.2 Å². The number of para-hydroxylation sites is 1. The first kappa shape index (κ1) is 27.8. The number of aromatic nitrogens is 2. The highest BCUT2D eigenvalue weighted by Gasteiger charge is 2.10. The maximum atomic E-state index is 11.2. The third kappa shape index (κ3) is 8.37. The van der Waals surface area contributed by atoms with Crippen molar-refractivity contribution in [2.75, 3.05) is 13.2 Å². The first-order valence-electron chi connectivity index (χ1n) is 12.1. The third-order valence-electron chi connectivity index (χ3n) is 5.83. The first-order chi connectivity index (χ1) is 17.6. The van der Waals surface area contributed by atoms with Gasteiger partial charge in [-0.05, 0) is 54.2 Å². The van der Waals surface area contributed by atoms with Gasteiger partial charge in [0.25, 0.3) is 5.91 Å². The molecule has 4 rings (SSSR count). The Morgan fingerprint density at radius 2 is 1.59 bits per heavy atom. The predicted molar refractivity (Wildman–Crippen MR) is 146 cm³/mol. The van der Waals surface area contributed by atoms with Crippen molar-refractivity contribution in [2.24, 2.45) is 5.73 Å². The van der Waals surface area contributed by atoms with Crippen molar-refractivity contribution in [1.82, 2.24) is 9.55 Å². The number of ether oxygens (including phenoxy) is 2. The molecule has 0 bridgehead atoms. The molecule has 4 aromatic rings. The van der Waals surface area contributed by atoms with Crippen LogP contribution in [0.4, 0.5) is 0 Å². The van der Waals surface area contributed by atoms with Gasteiger partial charge in [-0.3, -0.25) is 4.79 Å². The monoisotopic (exact) mass is 521 g/mol. The summed E-state index contributed by atoms with van der Waals surface area (Å²) in [4.78, 5) is 15.1. The Labute approximate surface area is 223 Å². The number of carbonyl (C=O) groups is 1. The minimum atomic E-state index is -0.578. The van der Waals surface area contributed by atoms with E-state index >= 15 is 0 Å². The number of benzene rings is 3. The van der Waals surface area contributed by atoms with Crippen LogP contribution in [0.5, 0.6) is 11.5 Å². The van der Waals surface area contributed by atoms with Crippen LogP contribution in [-0.2, 0) is 13.0 Å². The van der Waals surface area contributed by atoms with Gasteiger partial charge in [0.2, 0.25) is 0 Å². The third-order valence-corrected chi connectivity index (χ3v) is 5.83. The zero-order chi connectivity index (χ0) is 25.2. The molecule has 37 heavy (non-hydrogen) atoms. The Bertz CT molecular complexity index is 1250. The smallest absolute Gasteiger partial charge is 0.268 e. The largest absolute Gasteiger partial charge is 0.490 e. The van der Waals surface area contributed by atoms with E-state index in [1.54, 1.807) is 10.8 Å². The Morgan fingerprint density at radius 1 is 0.919 bits per heavy atom. The van der Waals surface area contributed by atoms with Crippen molar-refractivity contribution in [2.45, 2.75) is 31.9 Å². The van der Waals surface area contributed by atoms with Crippen molar-refractivity contribution in [3.63, 3.8) is 0 Å². The molecule has 194 valence electrons. The van der Waals surface area contributed by atoms with Gasteiger partial charge in [-0.15, -0.1) is 12.4 Å².